The van der Waals surface area contributed by atoms with E-state index in [0.29, 0.717) is 25.5 Å². The summed E-state index contributed by atoms with van der Waals surface area (Å²) in [6.07, 6.45) is 4.02. The molecule has 37 heavy (non-hydrogen) atoms. The minimum Gasteiger partial charge on any atom is -0.445 e. The summed E-state index contributed by atoms with van der Waals surface area (Å²) in [4.78, 5) is 27.3. The van der Waals surface area contributed by atoms with Crippen LogP contribution in [-0.4, -0.2) is 54.0 Å². The molecule has 1 heterocycles. The number of hydrogen-bond acceptors (Lipinski definition) is 5. The van der Waals surface area contributed by atoms with E-state index in [1.54, 1.807) is 4.90 Å². The minimum absolute atomic E-state index is 0.143. The van der Waals surface area contributed by atoms with Gasteiger partial charge in [0.25, 0.3) is 0 Å². The molecular formula is C30H40N2O5. The van der Waals surface area contributed by atoms with Crippen LogP contribution in [0.4, 0.5) is 9.59 Å². The SMILES string of the molecule is CC(C)(C)OC(=O)N[C@@H]1CCN(C(=O)OCc2ccccc2)[C@@H]1COC1CCC(c2ccccc2)CC1. The molecule has 2 amide bonds. The fraction of sp³-hybridized carbons (Fsp3) is 0.533. The zero-order valence-corrected chi connectivity index (χ0v) is 22.2. The van der Waals surface area contributed by atoms with Crippen molar-refractivity contribution in [3.8, 4) is 0 Å². The van der Waals surface area contributed by atoms with Gasteiger partial charge in [0.15, 0.2) is 0 Å². The van der Waals surface area contributed by atoms with Crippen LogP contribution in [0.1, 0.15) is 69.9 Å². The summed E-state index contributed by atoms with van der Waals surface area (Å²) in [5.74, 6) is 0.568. The molecule has 2 aromatic rings. The average Bonchev–Trinajstić information content (AvgIpc) is 3.28. The van der Waals surface area contributed by atoms with Crippen LogP contribution in [0.5, 0.6) is 0 Å². The van der Waals surface area contributed by atoms with Crippen LogP contribution in [0.3, 0.4) is 0 Å². The van der Waals surface area contributed by atoms with E-state index in [4.69, 9.17) is 14.2 Å². The van der Waals surface area contributed by atoms with Gasteiger partial charge in [0.05, 0.1) is 24.8 Å². The highest BCUT2D eigenvalue weighted by Gasteiger charge is 2.40. The molecule has 2 aromatic carbocycles. The van der Waals surface area contributed by atoms with Gasteiger partial charge < -0.3 is 24.4 Å². The normalized spacial score (nSPS) is 23.9. The summed E-state index contributed by atoms with van der Waals surface area (Å²) < 4.78 is 17.5. The lowest BCUT2D eigenvalue weighted by molar-refractivity contribution is -0.00972. The molecule has 1 aliphatic carbocycles. The number of amides is 2. The van der Waals surface area contributed by atoms with Gasteiger partial charge >= 0.3 is 12.2 Å². The predicted octanol–water partition coefficient (Wildman–Crippen LogP) is 6.03. The van der Waals surface area contributed by atoms with Crippen molar-refractivity contribution >= 4 is 12.2 Å². The summed E-state index contributed by atoms with van der Waals surface area (Å²) >= 11 is 0. The number of nitrogens with one attached hydrogen (secondary N) is 1. The number of carbonyl (C=O) groups is 2. The molecule has 7 nitrogen and oxygen atoms in total. The molecule has 0 bridgehead atoms. The second-order valence-corrected chi connectivity index (χ2v) is 11.1. The number of nitrogens with zero attached hydrogens (tertiary/aromatic N) is 1. The first-order chi connectivity index (χ1) is 17.8. The fourth-order valence-corrected chi connectivity index (χ4v) is 5.24. The molecule has 1 saturated carbocycles. The Hall–Kier alpha value is -3.06. The molecule has 1 N–H and O–H groups in total. The Bertz CT molecular complexity index is 1000. The maximum atomic E-state index is 13.0. The van der Waals surface area contributed by atoms with E-state index in [9.17, 15) is 9.59 Å². The zero-order valence-electron chi connectivity index (χ0n) is 22.2. The standard InChI is InChI=1S/C30H40N2O5/c1-30(2,3)37-28(33)31-26-18-19-32(29(34)36-20-22-10-6-4-7-11-22)27(26)21-35-25-16-14-24(15-17-25)23-12-8-5-9-13-23/h4-13,24-27H,14-21H2,1-3H3,(H,31,33)/t24?,25?,26-,27-/m1/s1. The first-order valence-electron chi connectivity index (χ1n) is 13.4. The highest BCUT2D eigenvalue weighted by molar-refractivity contribution is 5.70. The van der Waals surface area contributed by atoms with Crippen molar-refractivity contribution in [2.75, 3.05) is 13.2 Å². The molecule has 0 spiro atoms. The first-order valence-corrected chi connectivity index (χ1v) is 13.4. The lowest BCUT2D eigenvalue weighted by Gasteiger charge is -2.33. The highest BCUT2D eigenvalue weighted by Crippen LogP contribution is 2.34. The molecule has 4 rings (SSSR count). The van der Waals surface area contributed by atoms with E-state index in [-0.39, 0.29) is 24.8 Å². The minimum atomic E-state index is -0.597. The second kappa shape index (κ2) is 12.5. The molecule has 2 aliphatic rings. The summed E-state index contributed by atoms with van der Waals surface area (Å²) in [5, 5.41) is 2.97. The molecule has 2 atom stereocenters. The quantitative estimate of drug-likeness (QED) is 0.494. The fourth-order valence-electron chi connectivity index (χ4n) is 5.24. The second-order valence-electron chi connectivity index (χ2n) is 11.1. The lowest BCUT2D eigenvalue weighted by atomic mass is 9.83. The van der Waals surface area contributed by atoms with Crippen molar-refractivity contribution in [1.82, 2.24) is 10.2 Å². The Labute approximate surface area is 220 Å². The Morgan fingerprint density at radius 2 is 1.57 bits per heavy atom. The van der Waals surface area contributed by atoms with Crippen LogP contribution in [0.15, 0.2) is 60.7 Å². The number of rotatable bonds is 7. The number of ether oxygens (including phenoxy) is 3. The van der Waals surface area contributed by atoms with Crippen LogP contribution < -0.4 is 5.32 Å². The molecule has 7 heteroatoms. The summed E-state index contributed by atoms with van der Waals surface area (Å²) in [5.41, 5.74) is 1.73. The van der Waals surface area contributed by atoms with Crippen LogP contribution in [-0.2, 0) is 20.8 Å². The molecule has 1 saturated heterocycles. The third-order valence-corrected chi connectivity index (χ3v) is 7.14. The van der Waals surface area contributed by atoms with E-state index >= 15 is 0 Å². The van der Waals surface area contributed by atoms with E-state index < -0.39 is 17.8 Å². The van der Waals surface area contributed by atoms with E-state index in [1.807, 2.05) is 51.1 Å². The van der Waals surface area contributed by atoms with Crippen molar-refractivity contribution in [1.29, 1.82) is 0 Å². The maximum Gasteiger partial charge on any atom is 0.410 e. The topological polar surface area (TPSA) is 77.1 Å². The van der Waals surface area contributed by atoms with Gasteiger partial charge in [-0.05, 0) is 69.9 Å². The highest BCUT2D eigenvalue weighted by atomic mass is 16.6. The van der Waals surface area contributed by atoms with Crippen molar-refractivity contribution in [2.45, 2.75) is 89.2 Å². The predicted molar refractivity (Wildman–Crippen MR) is 142 cm³/mol. The van der Waals surface area contributed by atoms with Gasteiger partial charge in [-0.2, -0.15) is 0 Å². The number of carbonyl (C=O) groups excluding carboxylic acids is 2. The van der Waals surface area contributed by atoms with Gasteiger partial charge in [0.1, 0.15) is 12.2 Å². The molecule has 200 valence electrons. The van der Waals surface area contributed by atoms with E-state index in [1.165, 1.54) is 5.56 Å². The molecule has 0 radical (unpaired) electrons. The molecule has 2 fully saturated rings. The average molecular weight is 509 g/mol. The van der Waals surface area contributed by atoms with Crippen LogP contribution in [0.25, 0.3) is 0 Å². The number of hydrogen-bond donors (Lipinski definition) is 1. The van der Waals surface area contributed by atoms with Gasteiger partial charge in [-0.3, -0.25) is 0 Å². The summed E-state index contributed by atoms with van der Waals surface area (Å²) in [6.45, 7) is 6.55. The summed E-state index contributed by atoms with van der Waals surface area (Å²) in [6, 6.07) is 19.7. The van der Waals surface area contributed by atoms with Gasteiger partial charge in [0, 0.05) is 6.54 Å². The maximum absolute atomic E-state index is 13.0. The zero-order chi connectivity index (χ0) is 26.3. The number of alkyl carbamates (subject to hydrolysis) is 1. The van der Waals surface area contributed by atoms with Crippen molar-refractivity contribution < 1.29 is 23.8 Å². The Balaban J connectivity index is 1.35. The lowest BCUT2D eigenvalue weighted by Crippen LogP contribution is -2.50. The van der Waals surface area contributed by atoms with Gasteiger partial charge in [-0.25, -0.2) is 9.59 Å². The van der Waals surface area contributed by atoms with Crippen molar-refractivity contribution in [2.24, 2.45) is 0 Å². The number of likely N-dealkylation sites (tertiary alicyclic amines) is 1. The molecular weight excluding hydrogens is 468 g/mol. The van der Waals surface area contributed by atoms with Crippen molar-refractivity contribution in [3.05, 3.63) is 71.8 Å². The Morgan fingerprint density at radius 1 is 0.919 bits per heavy atom. The van der Waals surface area contributed by atoms with Crippen LogP contribution >= 0.6 is 0 Å². The smallest absolute Gasteiger partial charge is 0.410 e. The Morgan fingerprint density at radius 3 is 2.22 bits per heavy atom. The largest absolute Gasteiger partial charge is 0.445 e. The third-order valence-electron chi connectivity index (χ3n) is 7.14. The summed E-state index contributed by atoms with van der Waals surface area (Å²) in [7, 11) is 0. The molecule has 0 aromatic heterocycles. The van der Waals surface area contributed by atoms with E-state index in [2.05, 4.69) is 35.6 Å². The monoisotopic (exact) mass is 508 g/mol. The number of benzene rings is 2. The third kappa shape index (κ3) is 7.96. The van der Waals surface area contributed by atoms with Crippen LogP contribution in [0, 0.1) is 0 Å². The first kappa shape index (κ1) is 27.0. The van der Waals surface area contributed by atoms with E-state index in [0.717, 1.165) is 31.2 Å². The van der Waals surface area contributed by atoms with Crippen molar-refractivity contribution in [3.63, 3.8) is 0 Å². The Kier molecular flexibility index (Phi) is 9.09. The van der Waals surface area contributed by atoms with Gasteiger partial charge in [0.2, 0.25) is 0 Å². The van der Waals surface area contributed by atoms with Gasteiger partial charge in [-0.1, -0.05) is 60.7 Å². The van der Waals surface area contributed by atoms with Crippen LogP contribution in [0.2, 0.25) is 0 Å². The van der Waals surface area contributed by atoms with Gasteiger partial charge in [-0.15, -0.1) is 0 Å². The molecule has 0 unspecified atom stereocenters. The molecule has 1 aliphatic heterocycles.